The van der Waals surface area contributed by atoms with Crippen LogP contribution < -0.4 is 0 Å². The molecule has 0 heterocycles. The molecule has 19 heavy (non-hydrogen) atoms. The van der Waals surface area contributed by atoms with E-state index in [1.54, 1.807) is 6.92 Å². The first-order valence-corrected chi connectivity index (χ1v) is 6.46. The maximum absolute atomic E-state index is 11.5. The first-order chi connectivity index (χ1) is 8.85. The van der Waals surface area contributed by atoms with E-state index in [0.29, 0.717) is 12.0 Å². The topological polar surface area (TPSA) is 29.5 Å². The molecular weight excluding hydrogens is 262 g/mol. The molecule has 1 unspecified atom stereocenters. The Balaban J connectivity index is 2.74. The van der Waals surface area contributed by atoms with Crippen LogP contribution in [0.15, 0.2) is 42.5 Å². The van der Waals surface area contributed by atoms with Gasteiger partial charge in [-0.3, -0.25) is 4.90 Å². The van der Waals surface area contributed by atoms with Gasteiger partial charge in [0.25, 0.3) is 0 Å². The molecule has 0 bridgehead atoms. The molecule has 4 heteroatoms. The van der Waals surface area contributed by atoms with Gasteiger partial charge in [0.2, 0.25) is 0 Å². The Hall–Kier alpha value is -1.32. The maximum Gasteiger partial charge on any atom is 0.333 e. The number of benzene rings is 1. The molecule has 0 spiro atoms. The van der Waals surface area contributed by atoms with Gasteiger partial charge in [-0.05, 0) is 26.6 Å². The van der Waals surface area contributed by atoms with E-state index in [1.807, 2.05) is 49.3 Å². The van der Waals surface area contributed by atoms with Crippen LogP contribution in [0.3, 0.4) is 0 Å². The summed E-state index contributed by atoms with van der Waals surface area (Å²) in [7, 11) is 3.73. The summed E-state index contributed by atoms with van der Waals surface area (Å²) < 4.78 is 5.19. The van der Waals surface area contributed by atoms with Gasteiger partial charge in [-0.2, -0.15) is 0 Å². The first-order valence-electron chi connectivity index (χ1n) is 6.08. The van der Waals surface area contributed by atoms with Crippen molar-refractivity contribution >= 4 is 17.6 Å². The van der Waals surface area contributed by atoms with Crippen molar-refractivity contribution in [3.63, 3.8) is 0 Å². The maximum atomic E-state index is 11.5. The van der Waals surface area contributed by atoms with E-state index in [1.165, 1.54) is 0 Å². The first kappa shape index (κ1) is 15.7. The van der Waals surface area contributed by atoms with Crippen molar-refractivity contribution in [2.75, 3.05) is 20.7 Å². The van der Waals surface area contributed by atoms with E-state index >= 15 is 0 Å². The number of halogens is 1. The largest absolute Gasteiger partial charge is 0.459 e. The quantitative estimate of drug-likeness (QED) is 0.348. The van der Waals surface area contributed by atoms with Crippen LogP contribution in [-0.2, 0) is 16.0 Å². The Morgan fingerprint density at radius 3 is 2.42 bits per heavy atom. The molecule has 0 N–H and O–H groups in total. The lowest BCUT2D eigenvalue weighted by Crippen LogP contribution is -2.45. The third-order valence-corrected chi connectivity index (χ3v) is 3.47. The minimum atomic E-state index is -0.757. The number of rotatable bonds is 6. The predicted octanol–water partition coefficient (Wildman–Crippen LogP) is 2.85. The van der Waals surface area contributed by atoms with E-state index in [4.69, 9.17) is 16.3 Å². The fourth-order valence-corrected chi connectivity index (χ4v) is 1.76. The molecule has 0 radical (unpaired) electrons. The van der Waals surface area contributed by atoms with Gasteiger partial charge in [0, 0.05) is 12.0 Å². The molecule has 0 fully saturated rings. The summed E-state index contributed by atoms with van der Waals surface area (Å²) in [5.41, 5.74) is 1.47. The van der Waals surface area contributed by atoms with Crippen molar-refractivity contribution in [1.82, 2.24) is 4.90 Å². The number of hydrogen-bond donors (Lipinski definition) is 0. The fourth-order valence-electron chi connectivity index (χ4n) is 1.55. The number of nitrogens with zero attached hydrogens (tertiary/aromatic N) is 1. The van der Waals surface area contributed by atoms with Gasteiger partial charge in [0.1, 0.15) is 11.6 Å². The van der Waals surface area contributed by atoms with Gasteiger partial charge >= 0.3 is 5.97 Å². The molecular formula is C15H20ClNO2. The van der Waals surface area contributed by atoms with Gasteiger partial charge in [-0.1, -0.05) is 48.5 Å². The molecule has 0 saturated carbocycles. The average molecular weight is 282 g/mol. The van der Waals surface area contributed by atoms with E-state index in [0.717, 1.165) is 5.56 Å². The minimum Gasteiger partial charge on any atom is -0.459 e. The Morgan fingerprint density at radius 1 is 1.37 bits per heavy atom. The van der Waals surface area contributed by atoms with Gasteiger partial charge in [-0.15, -0.1) is 0 Å². The van der Waals surface area contributed by atoms with Crippen molar-refractivity contribution in [2.45, 2.75) is 18.3 Å². The number of ether oxygens (including phenoxy) is 1. The van der Waals surface area contributed by atoms with Crippen molar-refractivity contribution in [1.29, 1.82) is 0 Å². The second kappa shape index (κ2) is 6.73. The summed E-state index contributed by atoms with van der Waals surface area (Å²) in [6.45, 7) is 5.28. The molecule has 0 aliphatic heterocycles. The lowest BCUT2D eigenvalue weighted by Gasteiger charge is -2.33. The zero-order valence-electron chi connectivity index (χ0n) is 11.6. The van der Waals surface area contributed by atoms with E-state index < -0.39 is 11.0 Å². The summed E-state index contributed by atoms with van der Waals surface area (Å²) >= 11 is 6.58. The fraction of sp³-hybridized carbons (Fsp3) is 0.400. The summed E-state index contributed by atoms with van der Waals surface area (Å²) in [6, 6.07) is 9.88. The monoisotopic (exact) mass is 281 g/mol. The standard InChI is InChI=1S/C15H20ClNO2/c1-12(2)14(18)19-11-15(16,17(3)4)10-13-8-6-5-7-9-13/h5-9H,1,10-11H2,2-4H3. The van der Waals surface area contributed by atoms with Gasteiger partial charge in [0.05, 0.1) is 0 Å². The highest BCUT2D eigenvalue weighted by Crippen LogP contribution is 2.24. The Bertz CT molecular complexity index is 445. The summed E-state index contributed by atoms with van der Waals surface area (Å²) in [5, 5.41) is 0. The lowest BCUT2D eigenvalue weighted by atomic mass is 10.1. The number of esters is 1. The Morgan fingerprint density at radius 2 is 1.95 bits per heavy atom. The van der Waals surface area contributed by atoms with Crippen LogP contribution in [-0.4, -0.2) is 36.6 Å². The predicted molar refractivity (Wildman–Crippen MR) is 78.2 cm³/mol. The molecule has 1 aromatic carbocycles. The van der Waals surface area contributed by atoms with Crippen molar-refractivity contribution in [3.8, 4) is 0 Å². The molecule has 0 saturated heterocycles. The molecule has 0 aliphatic rings. The van der Waals surface area contributed by atoms with Crippen LogP contribution in [0.4, 0.5) is 0 Å². The van der Waals surface area contributed by atoms with E-state index in [9.17, 15) is 4.79 Å². The van der Waals surface area contributed by atoms with Gasteiger partial charge in [-0.25, -0.2) is 4.79 Å². The normalized spacial score (nSPS) is 13.9. The average Bonchev–Trinajstić information content (AvgIpc) is 2.36. The molecule has 104 valence electrons. The minimum absolute atomic E-state index is 0.113. The van der Waals surface area contributed by atoms with Crippen LogP contribution in [0.5, 0.6) is 0 Å². The third kappa shape index (κ3) is 4.69. The van der Waals surface area contributed by atoms with Crippen LogP contribution in [0.2, 0.25) is 0 Å². The second-order valence-electron chi connectivity index (χ2n) is 4.83. The summed E-state index contributed by atoms with van der Waals surface area (Å²) in [5.74, 6) is -0.417. The van der Waals surface area contributed by atoms with Crippen molar-refractivity contribution < 1.29 is 9.53 Å². The third-order valence-electron chi connectivity index (χ3n) is 2.89. The number of hydrogen-bond acceptors (Lipinski definition) is 3. The van der Waals surface area contributed by atoms with Gasteiger partial charge in [0.15, 0.2) is 0 Å². The number of likely N-dealkylation sites (N-methyl/N-ethyl adjacent to an activating group) is 1. The van der Waals surface area contributed by atoms with Crippen LogP contribution >= 0.6 is 11.6 Å². The molecule has 3 nitrogen and oxygen atoms in total. The second-order valence-corrected chi connectivity index (χ2v) is 5.53. The molecule has 1 atom stereocenters. The Labute approximate surface area is 119 Å². The van der Waals surface area contributed by atoms with Crippen LogP contribution in [0, 0.1) is 0 Å². The number of alkyl halides is 1. The van der Waals surface area contributed by atoms with E-state index in [2.05, 4.69) is 6.58 Å². The SMILES string of the molecule is C=C(C)C(=O)OCC(Cl)(Cc1ccccc1)N(C)C. The molecule has 1 rings (SSSR count). The molecule has 0 aliphatic carbocycles. The molecule has 0 aromatic heterocycles. The zero-order chi connectivity index (χ0) is 14.5. The Kier molecular flexibility index (Phi) is 5.58. The highest BCUT2D eigenvalue weighted by Gasteiger charge is 2.32. The van der Waals surface area contributed by atoms with E-state index in [-0.39, 0.29) is 6.61 Å². The summed E-state index contributed by atoms with van der Waals surface area (Å²) in [4.78, 5) is 12.6. The highest BCUT2D eigenvalue weighted by atomic mass is 35.5. The van der Waals surface area contributed by atoms with Crippen molar-refractivity contribution in [3.05, 3.63) is 48.0 Å². The van der Waals surface area contributed by atoms with Crippen molar-refractivity contribution in [2.24, 2.45) is 0 Å². The van der Waals surface area contributed by atoms with Gasteiger partial charge < -0.3 is 4.74 Å². The zero-order valence-corrected chi connectivity index (χ0v) is 12.4. The number of carbonyl (C=O) groups excluding carboxylic acids is 1. The summed E-state index contributed by atoms with van der Waals surface area (Å²) in [6.07, 6.45) is 0.589. The van der Waals surface area contributed by atoms with Crippen LogP contribution in [0.25, 0.3) is 0 Å². The van der Waals surface area contributed by atoms with Crippen LogP contribution in [0.1, 0.15) is 12.5 Å². The lowest BCUT2D eigenvalue weighted by molar-refractivity contribution is -0.141. The smallest absolute Gasteiger partial charge is 0.333 e. The molecule has 0 amide bonds. The number of carbonyl (C=O) groups is 1. The highest BCUT2D eigenvalue weighted by molar-refractivity contribution is 6.24. The molecule has 1 aromatic rings.